The van der Waals surface area contributed by atoms with E-state index in [4.69, 9.17) is 0 Å². The highest BCUT2D eigenvalue weighted by molar-refractivity contribution is 7.33. The molecule has 68 heavy (non-hydrogen) atoms. The van der Waals surface area contributed by atoms with E-state index in [2.05, 4.69) is 221 Å². The fourth-order valence-electron chi connectivity index (χ4n) is 14.2. The van der Waals surface area contributed by atoms with Crippen molar-refractivity contribution in [1.29, 1.82) is 0 Å². The van der Waals surface area contributed by atoms with Crippen LogP contribution in [0.1, 0.15) is 155 Å². The van der Waals surface area contributed by atoms with Crippen molar-refractivity contribution < 1.29 is 0 Å². The van der Waals surface area contributed by atoms with E-state index in [1.807, 2.05) is 0 Å². The van der Waals surface area contributed by atoms with Crippen molar-refractivity contribution >= 4 is 72.3 Å². The Morgan fingerprint density at radius 3 is 1.75 bits per heavy atom. The largest absolute Gasteiger partial charge is 0.311 e. The van der Waals surface area contributed by atoms with Gasteiger partial charge < -0.3 is 9.80 Å². The van der Waals surface area contributed by atoms with Gasteiger partial charge in [-0.3, -0.25) is 0 Å². The van der Waals surface area contributed by atoms with Crippen LogP contribution in [0.15, 0.2) is 109 Å². The summed E-state index contributed by atoms with van der Waals surface area (Å²) in [5, 5.41) is 1.43. The van der Waals surface area contributed by atoms with Gasteiger partial charge in [-0.05, 0) is 195 Å². The van der Waals surface area contributed by atoms with Gasteiger partial charge in [0.25, 0.3) is 6.71 Å². The zero-order valence-corrected chi connectivity index (χ0v) is 44.4. The van der Waals surface area contributed by atoms with E-state index in [0.717, 1.165) is 0 Å². The first-order valence-corrected chi connectivity index (χ1v) is 26.9. The smallest absolute Gasteiger partial charge is 0.264 e. The minimum absolute atomic E-state index is 0.0639. The average molecular weight is 913 g/mol. The quantitative estimate of drug-likeness (QED) is 0.163. The third kappa shape index (κ3) is 6.40. The molecule has 1 saturated carbocycles. The van der Waals surface area contributed by atoms with Crippen LogP contribution in [0.3, 0.4) is 0 Å². The van der Waals surface area contributed by atoms with Crippen molar-refractivity contribution in [2.45, 2.75) is 157 Å². The van der Waals surface area contributed by atoms with Gasteiger partial charge >= 0.3 is 0 Å². The molecule has 0 saturated heterocycles. The molecule has 3 heterocycles. The molecule has 2 atom stereocenters. The number of anilines is 5. The minimum atomic E-state index is 0.0639. The van der Waals surface area contributed by atoms with E-state index in [1.165, 1.54) is 132 Å². The van der Waals surface area contributed by atoms with Crippen LogP contribution < -0.4 is 25.5 Å². The van der Waals surface area contributed by atoms with Crippen molar-refractivity contribution in [1.82, 2.24) is 0 Å². The Morgan fingerprint density at radius 1 is 0.529 bits per heavy atom. The van der Waals surface area contributed by atoms with Crippen LogP contribution in [0.5, 0.6) is 0 Å². The van der Waals surface area contributed by atoms with Gasteiger partial charge in [0.1, 0.15) is 0 Å². The maximum absolute atomic E-state index is 2.79. The monoisotopic (exact) mass is 913 g/mol. The van der Waals surface area contributed by atoms with Crippen LogP contribution in [0.4, 0.5) is 28.4 Å². The second-order valence-corrected chi connectivity index (χ2v) is 27.5. The summed E-state index contributed by atoms with van der Waals surface area (Å²) >= 11 is 2.10. The first-order valence-electron chi connectivity index (χ1n) is 26.1. The molecule has 6 aliphatic rings. The van der Waals surface area contributed by atoms with Crippen LogP contribution in [-0.4, -0.2) is 6.71 Å². The van der Waals surface area contributed by atoms with E-state index in [-0.39, 0.29) is 39.2 Å². The third-order valence-corrected chi connectivity index (χ3v) is 20.2. The Morgan fingerprint density at radius 2 is 1.10 bits per heavy atom. The van der Waals surface area contributed by atoms with Gasteiger partial charge in [-0.25, -0.2) is 0 Å². The molecule has 0 spiro atoms. The summed E-state index contributed by atoms with van der Waals surface area (Å²) in [7, 11) is 0. The predicted molar refractivity (Wildman–Crippen MR) is 296 cm³/mol. The normalized spacial score (nSPS) is 23.7. The van der Waals surface area contributed by atoms with Crippen LogP contribution in [0.2, 0.25) is 0 Å². The molecule has 2 aliphatic heterocycles. The summed E-state index contributed by atoms with van der Waals surface area (Å²) in [4.78, 5) is 5.50. The van der Waals surface area contributed by atoms with Gasteiger partial charge in [0, 0.05) is 43.3 Å². The second kappa shape index (κ2) is 14.4. The van der Waals surface area contributed by atoms with Crippen molar-refractivity contribution in [3.63, 3.8) is 0 Å². The van der Waals surface area contributed by atoms with E-state index in [0.29, 0.717) is 11.8 Å². The van der Waals surface area contributed by atoms with Crippen molar-refractivity contribution in [3.05, 3.63) is 142 Å². The number of aryl methyl sites for hydroxylation is 2. The van der Waals surface area contributed by atoms with Crippen LogP contribution in [-0.2, 0) is 21.7 Å². The molecule has 12 rings (SSSR count). The Labute approximate surface area is 413 Å². The lowest BCUT2D eigenvalue weighted by atomic mass is 9.35. The highest BCUT2D eigenvalue weighted by atomic mass is 32.1. The second-order valence-electron chi connectivity index (χ2n) is 26.4. The maximum atomic E-state index is 2.79. The topological polar surface area (TPSA) is 6.48 Å². The lowest BCUT2D eigenvalue weighted by Crippen LogP contribution is -2.61. The van der Waals surface area contributed by atoms with Crippen LogP contribution in [0, 0.1) is 36.5 Å². The van der Waals surface area contributed by atoms with E-state index in [9.17, 15) is 0 Å². The van der Waals surface area contributed by atoms with Gasteiger partial charge in [-0.15, -0.1) is 11.3 Å². The SMILES string of the molecule is Cc1cc2c3c(c1)N(c1cc(-c4ccccc4)ccc1C)c1cc4c(cc1B3c1sc3cc5c(cc3c1N2C1=CC2C(C=C1)C(C)(C)CCC2(C)C)C(C)(C)CCC5(C)C)C(C)(C)CCC4(C)C. The molecule has 6 aromatic rings. The van der Waals surface area contributed by atoms with Gasteiger partial charge in [0.15, 0.2) is 0 Å². The first kappa shape index (κ1) is 44.4. The number of thiophene rings is 1. The Hall–Kier alpha value is -4.80. The van der Waals surface area contributed by atoms with Gasteiger partial charge in [-0.2, -0.15) is 0 Å². The van der Waals surface area contributed by atoms with Crippen molar-refractivity contribution in [2.75, 3.05) is 9.80 Å². The summed E-state index contributed by atoms with van der Waals surface area (Å²) < 4.78 is 2.93. The number of rotatable bonds is 3. The molecule has 0 amide bonds. The fourth-order valence-corrected chi connectivity index (χ4v) is 15.5. The molecule has 1 fully saturated rings. The molecule has 2 unspecified atom stereocenters. The highest BCUT2D eigenvalue weighted by Crippen LogP contribution is 2.58. The van der Waals surface area contributed by atoms with Crippen LogP contribution >= 0.6 is 11.3 Å². The van der Waals surface area contributed by atoms with Crippen LogP contribution in [0.25, 0.3) is 21.2 Å². The van der Waals surface area contributed by atoms with Gasteiger partial charge in [0.05, 0.1) is 5.69 Å². The molecular formula is C64H73BN2S. The number of fused-ring (bicyclic) bond motifs is 9. The molecule has 2 nitrogen and oxygen atoms in total. The van der Waals surface area contributed by atoms with Crippen molar-refractivity contribution in [3.8, 4) is 11.1 Å². The van der Waals surface area contributed by atoms with E-state index < -0.39 is 0 Å². The summed E-state index contributed by atoms with van der Waals surface area (Å²) in [6.45, 7) is 34.9. The number of allylic oxidation sites excluding steroid dienone is 3. The maximum Gasteiger partial charge on any atom is 0.264 e. The number of hydrogen-bond acceptors (Lipinski definition) is 3. The molecule has 0 radical (unpaired) electrons. The highest BCUT2D eigenvalue weighted by Gasteiger charge is 2.51. The number of nitrogens with zero attached hydrogens (tertiary/aromatic N) is 2. The van der Waals surface area contributed by atoms with Crippen molar-refractivity contribution in [2.24, 2.45) is 22.7 Å². The Balaban J connectivity index is 1.20. The molecular weight excluding hydrogens is 840 g/mol. The summed E-state index contributed by atoms with van der Waals surface area (Å²) in [5.41, 5.74) is 23.0. The zero-order chi connectivity index (χ0) is 47.8. The third-order valence-electron chi connectivity index (χ3n) is 19.0. The van der Waals surface area contributed by atoms with E-state index in [1.54, 1.807) is 11.1 Å². The lowest BCUT2D eigenvalue weighted by Gasteiger charge is -2.52. The lowest BCUT2D eigenvalue weighted by molar-refractivity contribution is 0.0327. The molecule has 348 valence electrons. The summed E-state index contributed by atoms with van der Waals surface area (Å²) in [6, 6.07) is 34.0. The molecule has 0 bridgehead atoms. The Kier molecular flexibility index (Phi) is 9.41. The standard InChI is InChI=1S/C64H73BN2S/c1-38-30-53-56-54(31-38)67(51-32-41(21-20-39(51)2)40-18-16-15-17-19-40)52-36-48-47(62(9,10)27-28-63(48,11)12)35-50(52)65(56)58-57(43-34-46-49(37-55(43)68-58)64(13,14)29-26-61(46,7)8)66(53)42-22-23-44-45(33-42)60(5,6)25-24-59(44,3)4/h15-23,30-37,44-45H,24-29H2,1-14H3. The summed E-state index contributed by atoms with van der Waals surface area (Å²) in [5.74, 6) is 0.955. The predicted octanol–water partition coefficient (Wildman–Crippen LogP) is 16.2. The summed E-state index contributed by atoms with van der Waals surface area (Å²) in [6.07, 6.45) is 15.2. The van der Waals surface area contributed by atoms with Gasteiger partial charge in [0.2, 0.25) is 0 Å². The number of hydrogen-bond donors (Lipinski definition) is 0. The molecule has 4 aliphatic carbocycles. The average Bonchev–Trinajstić information content (AvgIpc) is 3.66. The van der Waals surface area contributed by atoms with Gasteiger partial charge in [-0.1, -0.05) is 144 Å². The number of benzene rings is 5. The molecule has 5 aromatic carbocycles. The van der Waals surface area contributed by atoms with E-state index >= 15 is 0 Å². The minimum Gasteiger partial charge on any atom is -0.311 e. The molecule has 0 N–H and O–H groups in total. The molecule has 1 aromatic heterocycles. The fraction of sp³-hybridized carbons (Fsp3) is 0.438. The zero-order valence-electron chi connectivity index (χ0n) is 43.6. The Bertz CT molecular complexity index is 3190. The first-order chi connectivity index (χ1) is 32.0. The molecule has 4 heteroatoms.